The van der Waals surface area contributed by atoms with Crippen molar-refractivity contribution in [3.63, 3.8) is 0 Å². The number of guanidine groups is 1. The third-order valence-corrected chi connectivity index (χ3v) is 6.32. The minimum absolute atomic E-state index is 0.386. The highest BCUT2D eigenvalue weighted by Gasteiger charge is 2.29. The molecule has 1 aromatic carbocycles. The minimum atomic E-state index is -3.34. The van der Waals surface area contributed by atoms with Crippen LogP contribution in [0.25, 0.3) is 0 Å². The first-order chi connectivity index (χ1) is 11.2. The first-order valence-corrected chi connectivity index (χ1v) is 9.67. The fourth-order valence-corrected chi connectivity index (χ4v) is 4.48. The minimum Gasteiger partial charge on any atom is -0.356 e. The fourth-order valence-electron chi connectivity index (χ4n) is 2.99. The first-order valence-electron chi connectivity index (χ1n) is 8.23. The number of hydrogen-bond acceptors (Lipinski definition) is 5. The molecule has 0 aromatic heterocycles. The van der Waals surface area contributed by atoms with Gasteiger partial charge in [-0.25, -0.2) is 8.42 Å². The van der Waals surface area contributed by atoms with E-state index in [-0.39, 0.29) is 0 Å². The van der Waals surface area contributed by atoms with E-state index in [0.29, 0.717) is 23.9 Å². The molecule has 2 aliphatic rings. The van der Waals surface area contributed by atoms with E-state index < -0.39 is 10.0 Å². The zero-order valence-electron chi connectivity index (χ0n) is 13.2. The summed E-state index contributed by atoms with van der Waals surface area (Å²) in [5, 5.41) is 6.59. The highest BCUT2D eigenvalue weighted by molar-refractivity contribution is 7.89. The lowest BCUT2D eigenvalue weighted by atomic mass is 9.98. The molecule has 0 saturated carbocycles. The molecular formula is C16H24N4O2S. The Balaban J connectivity index is 1.51. The van der Waals surface area contributed by atoms with Crippen molar-refractivity contribution in [2.24, 2.45) is 10.9 Å². The van der Waals surface area contributed by atoms with Gasteiger partial charge < -0.3 is 10.6 Å². The first kappa shape index (κ1) is 16.3. The molecule has 2 aliphatic heterocycles. The van der Waals surface area contributed by atoms with Crippen LogP contribution in [0.4, 0.5) is 0 Å². The number of benzene rings is 1. The van der Waals surface area contributed by atoms with Crippen molar-refractivity contribution in [1.29, 1.82) is 0 Å². The normalized spacial score (nSPS) is 20.6. The van der Waals surface area contributed by atoms with Crippen molar-refractivity contribution < 1.29 is 8.42 Å². The van der Waals surface area contributed by atoms with Crippen LogP contribution in [0, 0.1) is 5.92 Å². The van der Waals surface area contributed by atoms with Gasteiger partial charge in [0.1, 0.15) is 0 Å². The van der Waals surface area contributed by atoms with Gasteiger partial charge in [0.15, 0.2) is 5.96 Å². The molecule has 0 atom stereocenters. The predicted octanol–water partition coefficient (Wildman–Crippen LogP) is 1.03. The van der Waals surface area contributed by atoms with Crippen molar-refractivity contribution in [2.75, 3.05) is 32.7 Å². The quantitative estimate of drug-likeness (QED) is 0.861. The Bertz CT molecular complexity index is 637. The van der Waals surface area contributed by atoms with E-state index in [9.17, 15) is 8.42 Å². The van der Waals surface area contributed by atoms with Crippen LogP contribution in [-0.4, -0.2) is 51.4 Å². The Morgan fingerprint density at radius 2 is 1.96 bits per heavy atom. The van der Waals surface area contributed by atoms with E-state index in [0.717, 1.165) is 44.9 Å². The average molecular weight is 336 g/mol. The number of rotatable bonds is 4. The highest BCUT2D eigenvalue weighted by Crippen LogP contribution is 2.23. The molecule has 0 unspecified atom stereocenters. The molecule has 6 nitrogen and oxygen atoms in total. The van der Waals surface area contributed by atoms with E-state index in [1.807, 2.05) is 6.07 Å². The Kier molecular flexibility index (Phi) is 5.17. The summed E-state index contributed by atoms with van der Waals surface area (Å²) in [7, 11) is -3.34. The Morgan fingerprint density at radius 1 is 1.22 bits per heavy atom. The van der Waals surface area contributed by atoms with Gasteiger partial charge in [0.25, 0.3) is 0 Å². The molecule has 2 heterocycles. The van der Waals surface area contributed by atoms with Crippen LogP contribution in [0.5, 0.6) is 0 Å². The van der Waals surface area contributed by atoms with Gasteiger partial charge in [0.05, 0.1) is 4.90 Å². The van der Waals surface area contributed by atoms with E-state index >= 15 is 0 Å². The molecule has 0 bridgehead atoms. The summed E-state index contributed by atoms with van der Waals surface area (Å²) in [5.41, 5.74) is 0. The lowest BCUT2D eigenvalue weighted by Gasteiger charge is -2.31. The molecular weight excluding hydrogens is 312 g/mol. The topological polar surface area (TPSA) is 73.8 Å². The van der Waals surface area contributed by atoms with Gasteiger partial charge in [-0.05, 0) is 37.3 Å². The maximum absolute atomic E-state index is 12.6. The van der Waals surface area contributed by atoms with Crippen LogP contribution in [0.2, 0.25) is 0 Å². The molecule has 0 spiro atoms. The largest absolute Gasteiger partial charge is 0.356 e. The molecule has 0 radical (unpaired) electrons. The maximum atomic E-state index is 12.6. The standard InChI is InChI=1S/C16H24N4O2S/c21-23(22,15-5-2-1-3-6-15)20-11-7-14(8-12-20)13-19-16-17-9-4-10-18-16/h1-3,5-6,14H,4,7-13H2,(H2,17,18,19). The van der Waals surface area contributed by atoms with Crippen molar-refractivity contribution in [2.45, 2.75) is 24.2 Å². The lowest BCUT2D eigenvalue weighted by molar-refractivity contribution is 0.273. The smallest absolute Gasteiger partial charge is 0.243 e. The molecule has 0 amide bonds. The summed E-state index contributed by atoms with van der Waals surface area (Å²) in [5.74, 6) is 1.37. The lowest BCUT2D eigenvalue weighted by Crippen LogP contribution is -2.45. The van der Waals surface area contributed by atoms with Crippen LogP contribution < -0.4 is 10.6 Å². The summed E-state index contributed by atoms with van der Waals surface area (Å²) in [6.45, 7) is 3.88. The third kappa shape index (κ3) is 4.03. The van der Waals surface area contributed by atoms with Gasteiger partial charge in [-0.1, -0.05) is 18.2 Å². The molecule has 0 aliphatic carbocycles. The van der Waals surface area contributed by atoms with Gasteiger partial charge in [-0.2, -0.15) is 4.31 Å². The van der Waals surface area contributed by atoms with Crippen molar-refractivity contribution in [1.82, 2.24) is 14.9 Å². The van der Waals surface area contributed by atoms with Crippen LogP contribution >= 0.6 is 0 Å². The van der Waals surface area contributed by atoms with E-state index in [2.05, 4.69) is 15.6 Å². The Labute approximate surface area is 138 Å². The molecule has 23 heavy (non-hydrogen) atoms. The SMILES string of the molecule is O=S(=O)(c1ccccc1)N1CCC(CNC2=NCCCN2)CC1. The van der Waals surface area contributed by atoms with E-state index in [1.54, 1.807) is 28.6 Å². The highest BCUT2D eigenvalue weighted by atomic mass is 32.2. The Hall–Kier alpha value is -1.60. The maximum Gasteiger partial charge on any atom is 0.243 e. The second-order valence-corrected chi connectivity index (χ2v) is 7.99. The fraction of sp³-hybridized carbons (Fsp3) is 0.562. The monoisotopic (exact) mass is 336 g/mol. The van der Waals surface area contributed by atoms with E-state index in [4.69, 9.17) is 0 Å². The summed E-state index contributed by atoms with van der Waals surface area (Å²) < 4.78 is 26.8. The van der Waals surface area contributed by atoms with Gasteiger partial charge in [0.2, 0.25) is 10.0 Å². The van der Waals surface area contributed by atoms with Gasteiger partial charge in [-0.15, -0.1) is 0 Å². The Morgan fingerprint density at radius 3 is 2.61 bits per heavy atom. The van der Waals surface area contributed by atoms with Crippen LogP contribution in [0.15, 0.2) is 40.2 Å². The molecule has 3 rings (SSSR count). The number of nitrogens with zero attached hydrogens (tertiary/aromatic N) is 2. The predicted molar refractivity (Wildman–Crippen MR) is 90.8 cm³/mol. The average Bonchev–Trinajstić information content (AvgIpc) is 2.62. The van der Waals surface area contributed by atoms with Crippen LogP contribution in [-0.2, 0) is 10.0 Å². The zero-order valence-corrected chi connectivity index (χ0v) is 14.1. The second-order valence-electron chi connectivity index (χ2n) is 6.05. The summed E-state index contributed by atoms with van der Waals surface area (Å²) in [4.78, 5) is 4.78. The second kappa shape index (κ2) is 7.31. The molecule has 1 fully saturated rings. The van der Waals surface area contributed by atoms with Crippen molar-refractivity contribution in [3.05, 3.63) is 30.3 Å². The molecule has 2 N–H and O–H groups in total. The molecule has 1 aromatic rings. The summed E-state index contributed by atoms with van der Waals surface area (Å²) in [6.07, 6.45) is 2.85. The zero-order chi connectivity index (χ0) is 16.1. The number of nitrogens with one attached hydrogen (secondary N) is 2. The summed E-state index contributed by atoms with van der Waals surface area (Å²) in [6, 6.07) is 8.69. The van der Waals surface area contributed by atoms with Gasteiger partial charge >= 0.3 is 0 Å². The van der Waals surface area contributed by atoms with Crippen molar-refractivity contribution >= 4 is 16.0 Å². The number of aliphatic imine (C=N–C) groups is 1. The molecule has 7 heteroatoms. The summed E-state index contributed by atoms with van der Waals surface area (Å²) >= 11 is 0. The van der Waals surface area contributed by atoms with Crippen LogP contribution in [0.3, 0.4) is 0 Å². The number of hydrogen-bond donors (Lipinski definition) is 2. The molecule has 126 valence electrons. The molecule has 1 saturated heterocycles. The third-order valence-electron chi connectivity index (χ3n) is 4.41. The van der Waals surface area contributed by atoms with Crippen molar-refractivity contribution in [3.8, 4) is 0 Å². The van der Waals surface area contributed by atoms with Gasteiger partial charge in [0, 0.05) is 32.7 Å². The number of piperidine rings is 1. The van der Waals surface area contributed by atoms with Crippen LogP contribution in [0.1, 0.15) is 19.3 Å². The van der Waals surface area contributed by atoms with E-state index in [1.165, 1.54) is 0 Å². The van der Waals surface area contributed by atoms with Gasteiger partial charge in [-0.3, -0.25) is 4.99 Å². The number of sulfonamides is 1.